The van der Waals surface area contributed by atoms with Gasteiger partial charge in [0, 0.05) is 31.3 Å². The maximum Gasteiger partial charge on any atom is 0.253 e. The Balaban J connectivity index is 1.48. The van der Waals surface area contributed by atoms with Crippen molar-refractivity contribution < 1.29 is 19.1 Å². The number of hydrogen-bond donors (Lipinski definition) is 1. The lowest BCUT2D eigenvalue weighted by Gasteiger charge is -2.17. The number of ether oxygens (including phenoxy) is 2. The quantitative estimate of drug-likeness (QED) is 0.605. The van der Waals surface area contributed by atoms with Crippen LogP contribution < -0.4 is 5.32 Å². The van der Waals surface area contributed by atoms with Gasteiger partial charge in [0.1, 0.15) is 0 Å². The number of carbonyl (C=O) groups excluding carboxylic acids is 2. The molecule has 0 bridgehead atoms. The molecule has 6 nitrogen and oxygen atoms in total. The first-order chi connectivity index (χ1) is 13.6. The van der Waals surface area contributed by atoms with Crippen molar-refractivity contribution in [3.63, 3.8) is 0 Å². The molecule has 0 radical (unpaired) electrons. The van der Waals surface area contributed by atoms with Gasteiger partial charge in [-0.3, -0.25) is 9.59 Å². The van der Waals surface area contributed by atoms with Crippen LogP contribution in [0.25, 0.3) is 0 Å². The van der Waals surface area contributed by atoms with Gasteiger partial charge in [0.2, 0.25) is 0 Å². The normalized spacial score (nSPS) is 10.5. The molecular formula is C22H28N2O4. The third-order valence-corrected chi connectivity index (χ3v) is 4.16. The van der Waals surface area contributed by atoms with E-state index in [-0.39, 0.29) is 11.8 Å². The van der Waals surface area contributed by atoms with Crippen LogP contribution in [0.5, 0.6) is 0 Å². The number of rotatable bonds is 11. The maximum atomic E-state index is 12.2. The summed E-state index contributed by atoms with van der Waals surface area (Å²) in [4.78, 5) is 25.7. The van der Waals surface area contributed by atoms with E-state index in [1.54, 1.807) is 36.2 Å². The average Bonchev–Trinajstić information content (AvgIpc) is 2.72. The number of carbonyl (C=O) groups is 2. The Kier molecular flexibility index (Phi) is 9.18. The predicted molar refractivity (Wildman–Crippen MR) is 109 cm³/mol. The molecule has 0 heterocycles. The molecule has 2 rings (SSSR count). The van der Waals surface area contributed by atoms with Crippen molar-refractivity contribution in [2.75, 3.05) is 46.6 Å². The first-order valence-corrected chi connectivity index (χ1v) is 9.39. The summed E-state index contributed by atoms with van der Waals surface area (Å²) >= 11 is 0. The predicted octanol–water partition coefficient (Wildman–Crippen LogP) is 2.53. The van der Waals surface area contributed by atoms with Gasteiger partial charge in [-0.15, -0.1) is 0 Å². The highest BCUT2D eigenvalue weighted by Crippen LogP contribution is 2.03. The Morgan fingerprint density at radius 2 is 1.50 bits per heavy atom. The van der Waals surface area contributed by atoms with E-state index in [0.29, 0.717) is 50.6 Å². The molecule has 0 unspecified atom stereocenters. The minimum atomic E-state index is -0.106. The molecule has 6 heteroatoms. The monoisotopic (exact) mass is 384 g/mol. The summed E-state index contributed by atoms with van der Waals surface area (Å²) in [5.41, 5.74) is 2.43. The Hall–Kier alpha value is -2.70. The highest BCUT2D eigenvalue weighted by atomic mass is 16.5. The van der Waals surface area contributed by atoms with Crippen LogP contribution in [-0.2, 0) is 9.47 Å². The van der Waals surface area contributed by atoms with E-state index in [9.17, 15) is 9.59 Å². The molecule has 0 aliphatic carbocycles. The molecule has 1 N–H and O–H groups in total. The smallest absolute Gasteiger partial charge is 0.253 e. The molecule has 2 amide bonds. The number of nitrogens with zero attached hydrogens (tertiary/aromatic N) is 1. The van der Waals surface area contributed by atoms with E-state index in [1.807, 2.05) is 37.3 Å². The number of likely N-dealkylation sites (N-methyl/N-ethyl adjacent to an activating group) is 1. The van der Waals surface area contributed by atoms with Crippen LogP contribution in [0, 0.1) is 6.92 Å². The SMILES string of the molecule is Cc1ccc(C(=O)NCCOCCOCCN(C)C(=O)c2ccccc2)cc1. The number of benzene rings is 2. The zero-order valence-electron chi connectivity index (χ0n) is 16.5. The zero-order valence-corrected chi connectivity index (χ0v) is 16.5. The second-order valence-corrected chi connectivity index (χ2v) is 6.44. The summed E-state index contributed by atoms with van der Waals surface area (Å²) in [5, 5.41) is 2.81. The Morgan fingerprint density at radius 1 is 0.857 bits per heavy atom. The van der Waals surface area contributed by atoms with Crippen LogP contribution in [0.2, 0.25) is 0 Å². The van der Waals surface area contributed by atoms with Gasteiger partial charge in [-0.25, -0.2) is 0 Å². The maximum absolute atomic E-state index is 12.2. The summed E-state index contributed by atoms with van der Waals surface area (Å²) in [5.74, 6) is -0.129. The Morgan fingerprint density at radius 3 is 2.18 bits per heavy atom. The van der Waals surface area contributed by atoms with E-state index in [1.165, 1.54) is 0 Å². The molecule has 150 valence electrons. The molecule has 0 aliphatic rings. The number of hydrogen-bond acceptors (Lipinski definition) is 4. The molecular weight excluding hydrogens is 356 g/mol. The molecule has 0 spiro atoms. The standard InChI is InChI=1S/C22H28N2O4/c1-18-8-10-19(11-9-18)21(25)23-12-14-27-16-17-28-15-13-24(2)22(26)20-6-4-3-5-7-20/h3-11H,12-17H2,1-2H3,(H,23,25). The number of aryl methyl sites for hydroxylation is 1. The first kappa shape index (κ1) is 21.6. The van der Waals surface area contributed by atoms with Gasteiger partial charge in [0.25, 0.3) is 11.8 Å². The van der Waals surface area contributed by atoms with Crippen LogP contribution in [0.3, 0.4) is 0 Å². The largest absolute Gasteiger partial charge is 0.377 e. The van der Waals surface area contributed by atoms with Gasteiger partial charge in [-0.05, 0) is 31.2 Å². The van der Waals surface area contributed by atoms with E-state index >= 15 is 0 Å². The van der Waals surface area contributed by atoms with Crippen LogP contribution >= 0.6 is 0 Å². The fourth-order valence-electron chi connectivity index (χ4n) is 2.47. The fraction of sp³-hybridized carbons (Fsp3) is 0.364. The lowest BCUT2D eigenvalue weighted by atomic mass is 10.1. The molecule has 0 saturated carbocycles. The van der Waals surface area contributed by atoms with Crippen molar-refractivity contribution in [3.8, 4) is 0 Å². The lowest BCUT2D eigenvalue weighted by molar-refractivity contribution is 0.0392. The number of amides is 2. The zero-order chi connectivity index (χ0) is 20.2. The number of nitrogens with one attached hydrogen (secondary N) is 1. The molecule has 0 aliphatic heterocycles. The van der Waals surface area contributed by atoms with Gasteiger partial charge >= 0.3 is 0 Å². The summed E-state index contributed by atoms with van der Waals surface area (Å²) in [7, 11) is 1.76. The third kappa shape index (κ3) is 7.50. The van der Waals surface area contributed by atoms with Crippen molar-refractivity contribution in [1.29, 1.82) is 0 Å². The average molecular weight is 384 g/mol. The van der Waals surface area contributed by atoms with E-state index in [2.05, 4.69) is 5.32 Å². The summed E-state index contributed by atoms with van der Waals surface area (Å²) < 4.78 is 10.9. The summed E-state index contributed by atoms with van der Waals surface area (Å²) in [6.45, 7) is 4.70. The Labute approximate surface area is 166 Å². The Bertz CT molecular complexity index is 732. The topological polar surface area (TPSA) is 67.9 Å². The second-order valence-electron chi connectivity index (χ2n) is 6.44. The molecule has 28 heavy (non-hydrogen) atoms. The van der Waals surface area contributed by atoms with Gasteiger partial charge in [0.05, 0.1) is 26.4 Å². The van der Waals surface area contributed by atoms with Crippen molar-refractivity contribution in [2.24, 2.45) is 0 Å². The third-order valence-electron chi connectivity index (χ3n) is 4.16. The van der Waals surface area contributed by atoms with Crippen molar-refractivity contribution in [3.05, 3.63) is 71.3 Å². The summed E-state index contributed by atoms with van der Waals surface area (Å²) in [6.07, 6.45) is 0. The van der Waals surface area contributed by atoms with Crippen molar-refractivity contribution in [2.45, 2.75) is 6.92 Å². The highest BCUT2D eigenvalue weighted by molar-refractivity contribution is 5.94. The second kappa shape index (κ2) is 11.9. The molecule has 0 aromatic heterocycles. The van der Waals surface area contributed by atoms with Crippen LogP contribution in [0.15, 0.2) is 54.6 Å². The van der Waals surface area contributed by atoms with Crippen LogP contribution in [0.4, 0.5) is 0 Å². The molecule has 0 saturated heterocycles. The highest BCUT2D eigenvalue weighted by Gasteiger charge is 2.10. The fourth-order valence-corrected chi connectivity index (χ4v) is 2.47. The van der Waals surface area contributed by atoms with Crippen LogP contribution in [0.1, 0.15) is 26.3 Å². The lowest BCUT2D eigenvalue weighted by Crippen LogP contribution is -2.30. The first-order valence-electron chi connectivity index (χ1n) is 9.39. The van der Waals surface area contributed by atoms with E-state index < -0.39 is 0 Å². The molecule has 2 aromatic carbocycles. The minimum absolute atomic E-state index is 0.0234. The van der Waals surface area contributed by atoms with Gasteiger partial charge in [-0.2, -0.15) is 0 Å². The van der Waals surface area contributed by atoms with Crippen molar-refractivity contribution in [1.82, 2.24) is 10.2 Å². The van der Waals surface area contributed by atoms with E-state index in [0.717, 1.165) is 5.56 Å². The van der Waals surface area contributed by atoms with Gasteiger partial charge < -0.3 is 19.7 Å². The van der Waals surface area contributed by atoms with Gasteiger partial charge in [-0.1, -0.05) is 35.9 Å². The molecule has 2 aromatic rings. The molecule has 0 fully saturated rings. The minimum Gasteiger partial charge on any atom is -0.377 e. The van der Waals surface area contributed by atoms with Gasteiger partial charge in [0.15, 0.2) is 0 Å². The molecule has 0 atom stereocenters. The van der Waals surface area contributed by atoms with Crippen molar-refractivity contribution >= 4 is 11.8 Å². The van der Waals surface area contributed by atoms with Crippen LogP contribution in [-0.4, -0.2) is 63.3 Å². The van der Waals surface area contributed by atoms with E-state index in [4.69, 9.17) is 9.47 Å². The summed E-state index contributed by atoms with van der Waals surface area (Å²) in [6, 6.07) is 16.6.